The summed E-state index contributed by atoms with van der Waals surface area (Å²) in [7, 11) is -4.01. The zero-order valence-corrected chi connectivity index (χ0v) is 21.0. The quantitative estimate of drug-likeness (QED) is 0.258. The maximum atomic E-state index is 13.9. The summed E-state index contributed by atoms with van der Waals surface area (Å²) < 4.78 is 47.9. The number of aliphatic carboxylic acids is 1. The lowest BCUT2D eigenvalue weighted by Crippen LogP contribution is -2.10. The van der Waals surface area contributed by atoms with Gasteiger partial charge in [0.25, 0.3) is 10.0 Å². The number of carbonyl (C=O) groups is 1. The van der Waals surface area contributed by atoms with Crippen molar-refractivity contribution in [1.82, 2.24) is 8.96 Å². The normalized spacial score (nSPS) is 11.6. The van der Waals surface area contributed by atoms with E-state index in [-0.39, 0.29) is 17.1 Å². The number of halogens is 1. The number of carboxylic acids is 1. The summed E-state index contributed by atoms with van der Waals surface area (Å²) in [5.41, 5.74) is 2.50. The molecule has 3 heterocycles. The summed E-state index contributed by atoms with van der Waals surface area (Å²) >= 11 is 1.09. The molecular weight excluding hydrogens is 515 g/mol. The molecule has 0 radical (unpaired) electrons. The summed E-state index contributed by atoms with van der Waals surface area (Å²) in [5.74, 6) is -1.09. The van der Waals surface area contributed by atoms with Gasteiger partial charge in [0.1, 0.15) is 16.6 Å². The molecule has 0 atom stereocenters. The maximum absolute atomic E-state index is 13.9. The fourth-order valence-electron chi connectivity index (χ4n) is 3.93. The van der Waals surface area contributed by atoms with E-state index in [9.17, 15) is 17.6 Å². The molecule has 0 saturated carbocycles. The minimum Gasteiger partial charge on any atom is -0.481 e. The zero-order valence-electron chi connectivity index (χ0n) is 19.4. The number of thiophene rings is 1. The van der Waals surface area contributed by atoms with E-state index in [1.807, 2.05) is 36.4 Å². The topological polar surface area (TPSA) is 98.5 Å². The molecule has 0 aliphatic heterocycles. The van der Waals surface area contributed by atoms with Crippen molar-refractivity contribution in [3.63, 3.8) is 0 Å². The van der Waals surface area contributed by atoms with Gasteiger partial charge in [0.05, 0.1) is 5.52 Å². The minimum atomic E-state index is -4.01. The van der Waals surface area contributed by atoms with Crippen LogP contribution in [0.5, 0.6) is 5.88 Å². The number of fused-ring (bicyclic) bond motifs is 1. The van der Waals surface area contributed by atoms with Crippen LogP contribution in [-0.4, -0.2) is 28.5 Å². The molecule has 2 aromatic carbocycles. The molecule has 0 bridgehead atoms. The Labute approximate surface area is 216 Å². The lowest BCUT2D eigenvalue weighted by atomic mass is 10.1. The van der Waals surface area contributed by atoms with Crippen LogP contribution in [0.1, 0.15) is 17.5 Å². The second-order valence-corrected chi connectivity index (χ2v) is 11.4. The fraction of sp³-hybridized carbons (Fsp3) is 0.111. The van der Waals surface area contributed by atoms with E-state index in [2.05, 4.69) is 4.98 Å². The molecule has 37 heavy (non-hydrogen) atoms. The summed E-state index contributed by atoms with van der Waals surface area (Å²) in [6.07, 6.45) is 2.89. The van der Waals surface area contributed by atoms with Crippen molar-refractivity contribution in [3.8, 4) is 16.3 Å². The molecule has 0 amide bonds. The fourth-order valence-corrected chi connectivity index (χ4v) is 6.71. The highest BCUT2D eigenvalue weighted by molar-refractivity contribution is 7.92. The number of nitrogens with zero attached hydrogens (tertiary/aromatic N) is 2. The third-order valence-electron chi connectivity index (χ3n) is 5.77. The van der Waals surface area contributed by atoms with E-state index in [1.54, 1.807) is 18.3 Å². The number of pyridine rings is 1. The SMILES string of the molecule is O=C(O)CCc1cn(S(=O)(=O)c2ccc(-c3ccc(OCc4ccccc4)nc3)s2)c2ccc(F)cc12. The van der Waals surface area contributed by atoms with E-state index >= 15 is 0 Å². The van der Waals surface area contributed by atoms with Crippen LogP contribution < -0.4 is 4.74 Å². The zero-order chi connectivity index (χ0) is 26.0. The van der Waals surface area contributed by atoms with E-state index in [4.69, 9.17) is 9.84 Å². The van der Waals surface area contributed by atoms with Gasteiger partial charge < -0.3 is 9.84 Å². The van der Waals surface area contributed by atoms with Crippen molar-refractivity contribution in [3.05, 3.63) is 102 Å². The van der Waals surface area contributed by atoms with Gasteiger partial charge in [-0.25, -0.2) is 13.3 Å². The number of aromatic nitrogens is 2. The summed E-state index contributed by atoms with van der Waals surface area (Å²) in [6.45, 7) is 0.387. The number of benzene rings is 2. The first-order valence-corrected chi connectivity index (χ1v) is 13.6. The highest BCUT2D eigenvalue weighted by Crippen LogP contribution is 2.34. The second kappa shape index (κ2) is 10.2. The molecule has 3 aromatic heterocycles. The molecule has 0 unspecified atom stereocenters. The van der Waals surface area contributed by atoms with Crippen LogP contribution in [0.3, 0.4) is 0 Å². The van der Waals surface area contributed by atoms with Crippen LogP contribution in [0, 0.1) is 5.82 Å². The van der Waals surface area contributed by atoms with Crippen LogP contribution in [0.4, 0.5) is 4.39 Å². The van der Waals surface area contributed by atoms with Crippen LogP contribution in [-0.2, 0) is 27.8 Å². The van der Waals surface area contributed by atoms with E-state index in [0.717, 1.165) is 26.4 Å². The first-order chi connectivity index (χ1) is 17.8. The van der Waals surface area contributed by atoms with Crippen molar-refractivity contribution < 1.29 is 27.4 Å². The van der Waals surface area contributed by atoms with E-state index in [1.165, 1.54) is 30.5 Å². The van der Waals surface area contributed by atoms with Crippen molar-refractivity contribution in [2.45, 2.75) is 23.7 Å². The summed E-state index contributed by atoms with van der Waals surface area (Å²) in [4.78, 5) is 16.1. The molecule has 0 fully saturated rings. The Kier molecular flexibility index (Phi) is 6.77. The standard InChI is InChI=1S/C27H21FN2O5S2/c28-21-8-9-23-22(14-21)20(7-12-26(31)32)16-30(23)37(33,34)27-13-10-24(36-27)19-6-11-25(29-15-19)35-17-18-4-2-1-3-5-18/h1-6,8-11,13-16H,7,12,17H2,(H,31,32). The monoisotopic (exact) mass is 536 g/mol. The summed E-state index contributed by atoms with van der Waals surface area (Å²) in [5, 5.41) is 9.42. The Morgan fingerprint density at radius 3 is 2.59 bits per heavy atom. The minimum absolute atomic E-state index is 0.0812. The van der Waals surface area contributed by atoms with Gasteiger partial charge in [0.2, 0.25) is 5.88 Å². The number of ether oxygens (including phenoxy) is 1. The Morgan fingerprint density at radius 1 is 1.05 bits per heavy atom. The van der Waals surface area contributed by atoms with Gasteiger partial charge in [-0.2, -0.15) is 8.42 Å². The second-order valence-electron chi connectivity index (χ2n) is 8.29. The first-order valence-electron chi connectivity index (χ1n) is 11.3. The lowest BCUT2D eigenvalue weighted by molar-refractivity contribution is -0.136. The Bertz CT molecular complexity index is 1680. The third kappa shape index (κ3) is 5.25. The van der Waals surface area contributed by atoms with Gasteiger partial charge in [-0.05, 0) is 53.9 Å². The molecule has 0 spiro atoms. The molecule has 0 aliphatic rings. The van der Waals surface area contributed by atoms with E-state index in [0.29, 0.717) is 33.8 Å². The van der Waals surface area contributed by atoms with Gasteiger partial charge in [0, 0.05) is 40.7 Å². The van der Waals surface area contributed by atoms with Gasteiger partial charge >= 0.3 is 5.97 Å². The van der Waals surface area contributed by atoms with Gasteiger partial charge in [-0.1, -0.05) is 30.3 Å². The molecule has 7 nitrogen and oxygen atoms in total. The van der Waals surface area contributed by atoms with Crippen LogP contribution in [0.25, 0.3) is 21.3 Å². The number of hydrogen-bond donors (Lipinski definition) is 1. The predicted octanol–water partition coefficient (Wildman–Crippen LogP) is 5.74. The highest BCUT2D eigenvalue weighted by atomic mass is 32.2. The van der Waals surface area contributed by atoms with Crippen LogP contribution in [0.15, 0.2) is 89.4 Å². The number of hydrogen-bond acceptors (Lipinski definition) is 6. The van der Waals surface area contributed by atoms with Crippen LogP contribution >= 0.6 is 11.3 Å². The lowest BCUT2D eigenvalue weighted by Gasteiger charge is -2.06. The van der Waals surface area contributed by atoms with Crippen LogP contribution in [0.2, 0.25) is 0 Å². The first kappa shape index (κ1) is 24.7. The number of carboxylic acid groups (broad SMARTS) is 1. The van der Waals surface area contributed by atoms with Gasteiger partial charge in [0.15, 0.2) is 0 Å². The highest BCUT2D eigenvalue weighted by Gasteiger charge is 2.24. The largest absolute Gasteiger partial charge is 0.481 e. The average Bonchev–Trinajstić information content (AvgIpc) is 3.53. The Balaban J connectivity index is 1.40. The smallest absolute Gasteiger partial charge is 0.303 e. The molecule has 5 aromatic rings. The van der Waals surface area contributed by atoms with E-state index < -0.39 is 21.8 Å². The number of rotatable bonds is 9. The van der Waals surface area contributed by atoms with Crippen molar-refractivity contribution >= 4 is 38.2 Å². The molecule has 5 rings (SSSR count). The third-order valence-corrected chi connectivity index (χ3v) is 9.04. The Morgan fingerprint density at radius 2 is 1.86 bits per heavy atom. The summed E-state index contributed by atoms with van der Waals surface area (Å²) in [6, 6.07) is 20.3. The number of aryl methyl sites for hydroxylation is 1. The van der Waals surface area contributed by atoms with Crippen molar-refractivity contribution in [2.75, 3.05) is 0 Å². The molecule has 0 saturated heterocycles. The van der Waals surface area contributed by atoms with Crippen molar-refractivity contribution in [1.29, 1.82) is 0 Å². The average molecular weight is 537 g/mol. The predicted molar refractivity (Wildman–Crippen MR) is 139 cm³/mol. The van der Waals surface area contributed by atoms with Gasteiger partial charge in [-0.15, -0.1) is 11.3 Å². The van der Waals surface area contributed by atoms with Gasteiger partial charge in [-0.3, -0.25) is 4.79 Å². The Hall–Kier alpha value is -4.02. The molecule has 0 aliphatic carbocycles. The van der Waals surface area contributed by atoms with Crippen molar-refractivity contribution in [2.24, 2.45) is 0 Å². The maximum Gasteiger partial charge on any atom is 0.303 e. The molecule has 188 valence electrons. The molecule has 10 heteroatoms. The molecule has 1 N–H and O–H groups in total. The molecular formula is C27H21FN2O5S2.